The number of hydrogen-bond donors (Lipinski definition) is 0. The Morgan fingerprint density at radius 2 is 2.00 bits per heavy atom. The van der Waals surface area contributed by atoms with E-state index in [0.29, 0.717) is 5.92 Å². The monoisotopic (exact) mass is 190 g/mol. The molecule has 0 fully saturated rings. The molecule has 0 aliphatic heterocycles. The summed E-state index contributed by atoms with van der Waals surface area (Å²) < 4.78 is 1.88. The number of nitrogens with zero attached hydrogens (tertiary/aromatic N) is 4. The minimum atomic E-state index is 0.353. The van der Waals surface area contributed by atoms with E-state index in [1.54, 1.807) is 0 Å². The molecule has 0 aliphatic carbocycles. The lowest BCUT2D eigenvalue weighted by atomic mass is 10.2. The molecule has 4 heteroatoms. The average molecular weight is 190 g/mol. The number of fused-ring (bicyclic) bond motifs is 1. The van der Waals surface area contributed by atoms with E-state index >= 15 is 0 Å². The molecule has 0 amide bonds. The summed E-state index contributed by atoms with van der Waals surface area (Å²) in [5.41, 5.74) is 0.964. The summed E-state index contributed by atoms with van der Waals surface area (Å²) in [5.74, 6) is 2.21. The summed E-state index contributed by atoms with van der Waals surface area (Å²) in [4.78, 5) is 8.56. The molecule has 0 atom stereocenters. The molecule has 0 bridgehead atoms. The van der Waals surface area contributed by atoms with Gasteiger partial charge in [0.05, 0.1) is 12.4 Å². The van der Waals surface area contributed by atoms with Gasteiger partial charge in [0.1, 0.15) is 11.3 Å². The number of rotatable bonds is 2. The fraction of sp³-hybridized carbons (Fsp3) is 0.500. The Bertz CT molecular complexity index is 444. The second-order valence-corrected chi connectivity index (χ2v) is 3.64. The first-order chi connectivity index (χ1) is 6.72. The van der Waals surface area contributed by atoms with E-state index in [4.69, 9.17) is 0 Å². The molecular formula is C10H14N4. The van der Waals surface area contributed by atoms with Crippen LogP contribution >= 0.6 is 0 Å². The summed E-state index contributed by atoms with van der Waals surface area (Å²) in [6.45, 7) is 6.25. The molecule has 2 aromatic rings. The van der Waals surface area contributed by atoms with E-state index in [9.17, 15) is 0 Å². The molecular weight excluding hydrogens is 176 g/mol. The molecule has 0 aromatic carbocycles. The molecule has 0 aliphatic rings. The van der Waals surface area contributed by atoms with Crippen LogP contribution in [-0.2, 0) is 6.42 Å². The SMILES string of the molecule is CCc1ncc2cnc(C(C)C)nn12. The Hall–Kier alpha value is -1.45. The van der Waals surface area contributed by atoms with Crippen molar-refractivity contribution in [2.45, 2.75) is 33.1 Å². The molecule has 2 aromatic heterocycles. The van der Waals surface area contributed by atoms with Crippen LogP contribution in [0.15, 0.2) is 12.4 Å². The molecule has 0 N–H and O–H groups in total. The van der Waals surface area contributed by atoms with E-state index in [1.165, 1.54) is 0 Å². The highest BCUT2D eigenvalue weighted by atomic mass is 15.3. The minimum Gasteiger partial charge on any atom is -0.239 e. The largest absolute Gasteiger partial charge is 0.239 e. The van der Waals surface area contributed by atoms with Crippen LogP contribution in [-0.4, -0.2) is 19.6 Å². The van der Waals surface area contributed by atoms with Gasteiger partial charge < -0.3 is 0 Å². The van der Waals surface area contributed by atoms with Gasteiger partial charge in [-0.05, 0) is 0 Å². The van der Waals surface area contributed by atoms with Crippen LogP contribution in [0.3, 0.4) is 0 Å². The maximum atomic E-state index is 4.45. The molecule has 2 rings (SSSR count). The fourth-order valence-corrected chi connectivity index (χ4v) is 1.37. The maximum absolute atomic E-state index is 4.45. The first-order valence-electron chi connectivity index (χ1n) is 4.92. The molecule has 0 saturated heterocycles. The Morgan fingerprint density at radius 3 is 2.64 bits per heavy atom. The minimum absolute atomic E-state index is 0.353. The van der Waals surface area contributed by atoms with Gasteiger partial charge in [-0.1, -0.05) is 20.8 Å². The molecule has 14 heavy (non-hydrogen) atoms. The summed E-state index contributed by atoms with van der Waals surface area (Å²) in [7, 11) is 0. The van der Waals surface area contributed by atoms with Gasteiger partial charge in [-0.25, -0.2) is 14.5 Å². The third kappa shape index (κ3) is 1.36. The Labute approximate surface area is 83.0 Å². The van der Waals surface area contributed by atoms with E-state index in [0.717, 1.165) is 23.6 Å². The van der Waals surface area contributed by atoms with Crippen molar-refractivity contribution < 1.29 is 0 Å². The van der Waals surface area contributed by atoms with Crippen molar-refractivity contribution in [3.8, 4) is 0 Å². The quantitative estimate of drug-likeness (QED) is 0.725. The van der Waals surface area contributed by atoms with Gasteiger partial charge in [-0.3, -0.25) is 0 Å². The molecule has 0 saturated carbocycles. The second kappa shape index (κ2) is 3.36. The van der Waals surface area contributed by atoms with Gasteiger partial charge in [-0.15, -0.1) is 0 Å². The van der Waals surface area contributed by atoms with Crippen molar-refractivity contribution in [3.05, 3.63) is 24.0 Å². The van der Waals surface area contributed by atoms with Gasteiger partial charge in [0, 0.05) is 12.3 Å². The summed E-state index contributed by atoms with van der Waals surface area (Å²) >= 11 is 0. The van der Waals surface area contributed by atoms with Gasteiger partial charge in [0.2, 0.25) is 0 Å². The van der Waals surface area contributed by atoms with Crippen LogP contribution in [0, 0.1) is 0 Å². The molecule has 74 valence electrons. The van der Waals surface area contributed by atoms with Gasteiger partial charge in [0.25, 0.3) is 0 Å². The van der Waals surface area contributed by atoms with Crippen molar-refractivity contribution in [2.75, 3.05) is 0 Å². The van der Waals surface area contributed by atoms with Gasteiger partial charge in [0.15, 0.2) is 5.82 Å². The predicted molar refractivity (Wildman–Crippen MR) is 54.2 cm³/mol. The smallest absolute Gasteiger partial charge is 0.151 e. The maximum Gasteiger partial charge on any atom is 0.151 e. The van der Waals surface area contributed by atoms with E-state index in [-0.39, 0.29) is 0 Å². The van der Waals surface area contributed by atoms with Crippen molar-refractivity contribution in [2.24, 2.45) is 0 Å². The highest BCUT2D eigenvalue weighted by molar-refractivity contribution is 5.41. The third-order valence-corrected chi connectivity index (χ3v) is 2.20. The van der Waals surface area contributed by atoms with Gasteiger partial charge in [-0.2, -0.15) is 5.10 Å². The zero-order valence-electron chi connectivity index (χ0n) is 8.73. The van der Waals surface area contributed by atoms with E-state index in [2.05, 4.69) is 35.8 Å². The first-order valence-corrected chi connectivity index (χ1v) is 4.92. The topological polar surface area (TPSA) is 43.1 Å². The number of imidazole rings is 1. The molecule has 2 heterocycles. The van der Waals surface area contributed by atoms with Crippen molar-refractivity contribution in [1.29, 1.82) is 0 Å². The number of hydrogen-bond acceptors (Lipinski definition) is 3. The van der Waals surface area contributed by atoms with Crippen molar-refractivity contribution >= 4 is 5.52 Å². The highest BCUT2D eigenvalue weighted by Crippen LogP contribution is 2.10. The van der Waals surface area contributed by atoms with E-state index in [1.807, 2.05) is 16.9 Å². The van der Waals surface area contributed by atoms with Crippen LogP contribution in [0.25, 0.3) is 5.52 Å². The van der Waals surface area contributed by atoms with Crippen molar-refractivity contribution in [1.82, 2.24) is 19.6 Å². The lowest BCUT2D eigenvalue weighted by Crippen LogP contribution is -2.05. The molecule has 0 spiro atoms. The zero-order chi connectivity index (χ0) is 10.1. The predicted octanol–water partition coefficient (Wildman–Crippen LogP) is 1.81. The normalized spacial score (nSPS) is 11.4. The Morgan fingerprint density at radius 1 is 1.29 bits per heavy atom. The lowest BCUT2D eigenvalue weighted by molar-refractivity contribution is 0.699. The van der Waals surface area contributed by atoms with Crippen LogP contribution in [0.4, 0.5) is 0 Å². The van der Waals surface area contributed by atoms with Crippen LogP contribution < -0.4 is 0 Å². The Balaban J connectivity index is 2.61. The lowest BCUT2D eigenvalue weighted by Gasteiger charge is -2.03. The van der Waals surface area contributed by atoms with Crippen LogP contribution in [0.5, 0.6) is 0 Å². The van der Waals surface area contributed by atoms with Gasteiger partial charge >= 0.3 is 0 Å². The zero-order valence-corrected chi connectivity index (χ0v) is 8.73. The highest BCUT2D eigenvalue weighted by Gasteiger charge is 2.07. The molecule has 0 radical (unpaired) electrons. The number of aromatic nitrogens is 4. The second-order valence-electron chi connectivity index (χ2n) is 3.64. The molecule has 4 nitrogen and oxygen atoms in total. The summed E-state index contributed by atoms with van der Waals surface area (Å²) in [5, 5.41) is 4.45. The van der Waals surface area contributed by atoms with E-state index < -0.39 is 0 Å². The fourth-order valence-electron chi connectivity index (χ4n) is 1.37. The summed E-state index contributed by atoms with van der Waals surface area (Å²) in [6, 6.07) is 0. The first kappa shape index (κ1) is 9.12. The van der Waals surface area contributed by atoms with Crippen molar-refractivity contribution in [3.63, 3.8) is 0 Å². The third-order valence-electron chi connectivity index (χ3n) is 2.20. The Kier molecular flexibility index (Phi) is 2.19. The standard InChI is InChI=1S/C10H14N4/c1-4-9-11-5-8-6-12-10(7(2)3)13-14(8)9/h5-7H,4H2,1-3H3. The van der Waals surface area contributed by atoms with Crippen LogP contribution in [0.2, 0.25) is 0 Å². The van der Waals surface area contributed by atoms with Crippen LogP contribution in [0.1, 0.15) is 38.3 Å². The number of aryl methyl sites for hydroxylation is 1. The molecule has 0 unspecified atom stereocenters. The average Bonchev–Trinajstić information content (AvgIpc) is 2.59. The summed E-state index contributed by atoms with van der Waals surface area (Å²) in [6.07, 6.45) is 4.53.